The van der Waals surface area contributed by atoms with E-state index in [-0.39, 0.29) is 17.4 Å². The van der Waals surface area contributed by atoms with Crippen LogP contribution in [0.4, 0.5) is 10.8 Å². The van der Waals surface area contributed by atoms with Crippen LogP contribution in [0.3, 0.4) is 0 Å². The Kier molecular flexibility index (Phi) is 11.7. The van der Waals surface area contributed by atoms with Crippen LogP contribution in [0.2, 0.25) is 0 Å². The highest BCUT2D eigenvalue weighted by atomic mass is 32.2. The molecule has 5 aromatic rings. The van der Waals surface area contributed by atoms with E-state index in [4.69, 9.17) is 14.2 Å². The summed E-state index contributed by atoms with van der Waals surface area (Å²) in [7, 11) is 4.48. The van der Waals surface area contributed by atoms with Crippen molar-refractivity contribution < 1.29 is 28.6 Å². The quantitative estimate of drug-likeness (QED) is 0.0867. The number of nitrogens with one attached hydrogen (secondary N) is 3. The summed E-state index contributed by atoms with van der Waals surface area (Å²) >= 11 is 2.68. The molecule has 10 nitrogen and oxygen atoms in total. The lowest BCUT2D eigenvalue weighted by atomic mass is 10.1. The molecule has 0 bridgehead atoms. The molecule has 49 heavy (non-hydrogen) atoms. The van der Waals surface area contributed by atoms with Gasteiger partial charge in [-0.15, -0.1) is 23.1 Å². The maximum Gasteiger partial charge on any atom is 0.272 e. The van der Waals surface area contributed by atoms with E-state index in [1.807, 2.05) is 42.6 Å². The number of carbonyl (C=O) groups is 3. The fraction of sp³-hybridized carbons (Fsp3) is 0.135. The molecule has 4 aromatic carbocycles. The molecule has 0 unspecified atom stereocenters. The summed E-state index contributed by atoms with van der Waals surface area (Å²) < 4.78 is 16.3. The van der Waals surface area contributed by atoms with Crippen molar-refractivity contribution in [3.8, 4) is 28.5 Å². The SMILES string of the molecule is COc1cc(/C=C(/NC(=O)c2ccccc2)C(=O)Nc2cccc(SCC(=O)Nc3nc(-c4ccc(C)cc4)cs3)c2)cc(OC)c1OC. The number of carbonyl (C=O) groups excluding carboxylic acids is 3. The van der Waals surface area contributed by atoms with Gasteiger partial charge in [0, 0.05) is 27.1 Å². The highest BCUT2D eigenvalue weighted by Gasteiger charge is 2.18. The summed E-state index contributed by atoms with van der Waals surface area (Å²) in [5.41, 5.74) is 4.31. The average Bonchev–Trinajstić information content (AvgIpc) is 3.59. The average molecular weight is 695 g/mol. The van der Waals surface area contributed by atoms with Crippen molar-refractivity contribution >= 4 is 57.7 Å². The fourth-order valence-electron chi connectivity index (χ4n) is 4.65. The minimum Gasteiger partial charge on any atom is -0.493 e. The lowest BCUT2D eigenvalue weighted by Gasteiger charge is -2.15. The third-order valence-electron chi connectivity index (χ3n) is 7.09. The maximum atomic E-state index is 13.7. The molecule has 0 aliphatic heterocycles. The van der Waals surface area contributed by atoms with E-state index in [0.29, 0.717) is 39.2 Å². The van der Waals surface area contributed by atoms with Gasteiger partial charge in [-0.1, -0.05) is 54.1 Å². The molecular formula is C37H34N4O6S2. The van der Waals surface area contributed by atoms with Gasteiger partial charge in [0.05, 0.1) is 32.8 Å². The number of nitrogens with zero attached hydrogens (tertiary/aromatic N) is 1. The van der Waals surface area contributed by atoms with Crippen LogP contribution < -0.4 is 30.2 Å². The predicted molar refractivity (Wildman–Crippen MR) is 195 cm³/mol. The standard InChI is InChI=1S/C37H34N4O6S2/c1-23-13-15-25(16-14-23)30-21-49-37(40-30)41-33(42)22-48-28-12-8-11-27(20-28)38-36(44)29(39-35(43)26-9-6-5-7-10-26)17-24-18-31(45-2)34(47-4)32(19-24)46-3/h5-21H,22H2,1-4H3,(H,38,44)(H,39,43)(H,40,41,42)/b29-17+. The molecule has 0 saturated heterocycles. The Hall–Kier alpha value is -5.59. The van der Waals surface area contributed by atoms with Crippen molar-refractivity contribution in [2.75, 3.05) is 37.7 Å². The Morgan fingerprint density at radius 1 is 0.837 bits per heavy atom. The van der Waals surface area contributed by atoms with Crippen molar-refractivity contribution in [2.24, 2.45) is 0 Å². The Labute approximate surface area is 292 Å². The molecule has 1 aromatic heterocycles. The van der Waals surface area contributed by atoms with Crippen LogP contribution in [0.25, 0.3) is 17.3 Å². The Morgan fingerprint density at radius 3 is 2.22 bits per heavy atom. The number of thiazole rings is 1. The molecule has 0 saturated carbocycles. The first kappa shape index (κ1) is 34.7. The van der Waals surface area contributed by atoms with Crippen molar-refractivity contribution in [3.63, 3.8) is 0 Å². The molecule has 3 amide bonds. The van der Waals surface area contributed by atoms with Gasteiger partial charge in [0.1, 0.15) is 5.70 Å². The third kappa shape index (κ3) is 9.28. The van der Waals surface area contributed by atoms with Gasteiger partial charge in [-0.2, -0.15) is 0 Å². The monoisotopic (exact) mass is 694 g/mol. The largest absolute Gasteiger partial charge is 0.493 e. The maximum absolute atomic E-state index is 13.7. The van der Waals surface area contributed by atoms with E-state index in [9.17, 15) is 14.4 Å². The van der Waals surface area contributed by atoms with E-state index in [1.165, 1.54) is 50.5 Å². The minimum absolute atomic E-state index is 0.0194. The number of anilines is 2. The molecule has 0 atom stereocenters. The van der Waals surface area contributed by atoms with Crippen LogP contribution in [-0.2, 0) is 9.59 Å². The van der Waals surface area contributed by atoms with Crippen LogP contribution in [0.5, 0.6) is 17.2 Å². The van der Waals surface area contributed by atoms with Crippen LogP contribution >= 0.6 is 23.1 Å². The second kappa shape index (κ2) is 16.5. The first-order valence-corrected chi connectivity index (χ1v) is 16.9. The lowest BCUT2D eigenvalue weighted by Crippen LogP contribution is -2.30. The number of aromatic nitrogens is 1. The lowest BCUT2D eigenvalue weighted by molar-refractivity contribution is -0.114. The number of methoxy groups -OCH3 is 3. The Balaban J connectivity index is 1.29. The van der Waals surface area contributed by atoms with E-state index in [1.54, 1.807) is 60.7 Å². The molecule has 0 aliphatic rings. The van der Waals surface area contributed by atoms with Crippen molar-refractivity contribution in [1.82, 2.24) is 10.3 Å². The Bertz CT molecular complexity index is 1950. The van der Waals surface area contributed by atoms with Gasteiger partial charge < -0.3 is 30.2 Å². The highest BCUT2D eigenvalue weighted by Crippen LogP contribution is 2.38. The zero-order chi connectivity index (χ0) is 34.8. The second-order valence-electron chi connectivity index (χ2n) is 10.6. The summed E-state index contributed by atoms with van der Waals surface area (Å²) in [5.74, 6) is 0.0692. The number of thioether (sulfide) groups is 1. The predicted octanol–water partition coefficient (Wildman–Crippen LogP) is 7.28. The van der Waals surface area contributed by atoms with Crippen LogP contribution in [0.1, 0.15) is 21.5 Å². The number of hydrogen-bond donors (Lipinski definition) is 3. The molecule has 1 heterocycles. The number of hydrogen-bond acceptors (Lipinski definition) is 9. The number of ether oxygens (including phenoxy) is 3. The third-order valence-corrected chi connectivity index (χ3v) is 8.84. The van der Waals surface area contributed by atoms with Crippen molar-refractivity contribution in [3.05, 3.63) is 119 Å². The zero-order valence-corrected chi connectivity index (χ0v) is 28.9. The summed E-state index contributed by atoms with van der Waals surface area (Å²) in [6, 6.07) is 27.0. The first-order chi connectivity index (χ1) is 23.8. The van der Waals surface area contributed by atoms with E-state index < -0.39 is 11.8 Å². The van der Waals surface area contributed by atoms with E-state index in [0.717, 1.165) is 21.7 Å². The van der Waals surface area contributed by atoms with Crippen LogP contribution in [0.15, 0.2) is 107 Å². The molecule has 5 rings (SSSR count). The van der Waals surface area contributed by atoms with Gasteiger partial charge in [-0.05, 0) is 61.0 Å². The molecule has 3 N–H and O–H groups in total. The smallest absolute Gasteiger partial charge is 0.272 e. The normalized spacial score (nSPS) is 11.0. The molecule has 0 aliphatic carbocycles. The van der Waals surface area contributed by atoms with Gasteiger partial charge in [0.25, 0.3) is 11.8 Å². The summed E-state index contributed by atoms with van der Waals surface area (Å²) in [4.78, 5) is 44.8. The molecule has 12 heteroatoms. The van der Waals surface area contributed by atoms with Crippen molar-refractivity contribution in [1.29, 1.82) is 0 Å². The van der Waals surface area contributed by atoms with Gasteiger partial charge in [-0.25, -0.2) is 4.98 Å². The summed E-state index contributed by atoms with van der Waals surface area (Å²) in [6.45, 7) is 2.03. The van der Waals surface area contributed by atoms with Gasteiger partial charge in [0.15, 0.2) is 16.6 Å². The first-order valence-electron chi connectivity index (χ1n) is 15.0. The summed E-state index contributed by atoms with van der Waals surface area (Å²) in [5, 5.41) is 10.9. The number of aryl methyl sites for hydroxylation is 1. The molecule has 0 fully saturated rings. The topological polar surface area (TPSA) is 128 Å². The molecule has 250 valence electrons. The van der Waals surface area contributed by atoms with Crippen LogP contribution in [0, 0.1) is 6.92 Å². The second-order valence-corrected chi connectivity index (χ2v) is 12.5. The number of amides is 3. The zero-order valence-electron chi connectivity index (χ0n) is 27.2. The highest BCUT2D eigenvalue weighted by molar-refractivity contribution is 8.00. The van der Waals surface area contributed by atoms with Gasteiger partial charge in [0.2, 0.25) is 11.7 Å². The summed E-state index contributed by atoms with van der Waals surface area (Å²) in [6.07, 6.45) is 1.52. The number of rotatable bonds is 13. The van der Waals surface area contributed by atoms with Crippen LogP contribution in [-0.4, -0.2) is 49.8 Å². The molecule has 0 spiro atoms. The minimum atomic E-state index is -0.564. The van der Waals surface area contributed by atoms with Gasteiger partial charge >= 0.3 is 0 Å². The molecule has 0 radical (unpaired) electrons. The number of benzene rings is 4. The van der Waals surface area contributed by atoms with E-state index >= 15 is 0 Å². The Morgan fingerprint density at radius 2 is 1.55 bits per heavy atom. The molecular weight excluding hydrogens is 661 g/mol. The van der Waals surface area contributed by atoms with Crippen molar-refractivity contribution in [2.45, 2.75) is 11.8 Å². The fourth-order valence-corrected chi connectivity index (χ4v) is 6.14. The van der Waals surface area contributed by atoms with E-state index in [2.05, 4.69) is 20.9 Å². The van der Waals surface area contributed by atoms with Gasteiger partial charge in [-0.3, -0.25) is 14.4 Å².